The van der Waals surface area contributed by atoms with Crippen LogP contribution in [0.15, 0.2) is 53.1 Å². The van der Waals surface area contributed by atoms with Gasteiger partial charge in [-0.25, -0.2) is 0 Å². The highest BCUT2D eigenvalue weighted by molar-refractivity contribution is 9.10. The summed E-state index contributed by atoms with van der Waals surface area (Å²) in [6.07, 6.45) is 1.59. The molecule has 5 nitrogen and oxygen atoms in total. The number of aryl methyl sites for hydroxylation is 2. The molecule has 0 radical (unpaired) electrons. The average molecular weight is 370 g/mol. The molecule has 1 aromatic heterocycles. The van der Waals surface area contributed by atoms with E-state index in [-0.39, 0.29) is 0 Å². The topological polar surface area (TPSA) is 62.7 Å². The standard InChI is InChI=1S/C17H16BrN5/c1-11-3-5-13(6-4-11)21-17-22-16(10-19-23-17)20-14-7-8-15(18)12(2)9-14/h3-10H,1-2H3,(H2,20,21,22,23). The van der Waals surface area contributed by atoms with Crippen molar-refractivity contribution in [3.05, 3.63) is 64.3 Å². The van der Waals surface area contributed by atoms with Crippen LogP contribution in [0.5, 0.6) is 0 Å². The molecule has 0 aliphatic carbocycles. The summed E-state index contributed by atoms with van der Waals surface area (Å²) in [4.78, 5) is 4.43. The Labute approximate surface area is 143 Å². The predicted octanol–water partition coefficient (Wildman–Crippen LogP) is 4.74. The molecule has 2 aromatic carbocycles. The number of aromatic nitrogens is 3. The van der Waals surface area contributed by atoms with Crippen LogP contribution >= 0.6 is 15.9 Å². The van der Waals surface area contributed by atoms with E-state index in [1.165, 1.54) is 5.56 Å². The van der Waals surface area contributed by atoms with Crippen molar-refractivity contribution in [2.24, 2.45) is 0 Å². The van der Waals surface area contributed by atoms with Crippen LogP contribution in [0.2, 0.25) is 0 Å². The van der Waals surface area contributed by atoms with Gasteiger partial charge in [0.15, 0.2) is 5.82 Å². The third-order valence-corrected chi connectivity index (χ3v) is 4.19. The maximum Gasteiger partial charge on any atom is 0.249 e. The first-order chi connectivity index (χ1) is 11.1. The largest absolute Gasteiger partial charge is 0.339 e. The first-order valence-electron chi connectivity index (χ1n) is 7.17. The Morgan fingerprint density at radius 3 is 2.39 bits per heavy atom. The summed E-state index contributed by atoms with van der Waals surface area (Å²) in [5, 5.41) is 14.4. The van der Waals surface area contributed by atoms with Gasteiger partial charge in [0.1, 0.15) is 0 Å². The number of hydrogen-bond acceptors (Lipinski definition) is 5. The lowest BCUT2D eigenvalue weighted by atomic mass is 10.2. The second kappa shape index (κ2) is 6.75. The minimum atomic E-state index is 0.452. The molecule has 0 fully saturated rings. The molecular weight excluding hydrogens is 354 g/mol. The molecule has 0 amide bonds. The van der Waals surface area contributed by atoms with Crippen LogP contribution in [0.3, 0.4) is 0 Å². The lowest BCUT2D eigenvalue weighted by molar-refractivity contribution is 0.982. The molecule has 0 aliphatic rings. The molecular formula is C17H16BrN5. The van der Waals surface area contributed by atoms with Gasteiger partial charge in [-0.05, 0) is 49.7 Å². The predicted molar refractivity (Wildman–Crippen MR) is 96.5 cm³/mol. The van der Waals surface area contributed by atoms with Crippen LogP contribution in [0.4, 0.5) is 23.1 Å². The van der Waals surface area contributed by atoms with Gasteiger partial charge in [-0.2, -0.15) is 10.1 Å². The minimum Gasteiger partial charge on any atom is -0.339 e. The van der Waals surface area contributed by atoms with Gasteiger partial charge >= 0.3 is 0 Å². The van der Waals surface area contributed by atoms with E-state index in [0.717, 1.165) is 21.4 Å². The fraction of sp³-hybridized carbons (Fsp3) is 0.118. The molecule has 0 spiro atoms. The maximum absolute atomic E-state index is 4.43. The van der Waals surface area contributed by atoms with E-state index in [2.05, 4.69) is 41.7 Å². The summed E-state index contributed by atoms with van der Waals surface area (Å²) in [5.41, 5.74) is 4.23. The first-order valence-corrected chi connectivity index (χ1v) is 7.96. The van der Waals surface area contributed by atoms with Crippen LogP contribution in [-0.4, -0.2) is 15.2 Å². The Morgan fingerprint density at radius 2 is 1.65 bits per heavy atom. The summed E-state index contributed by atoms with van der Waals surface area (Å²) in [5.74, 6) is 1.09. The summed E-state index contributed by atoms with van der Waals surface area (Å²) in [6, 6.07) is 14.0. The molecule has 6 heteroatoms. The molecule has 116 valence electrons. The summed E-state index contributed by atoms with van der Waals surface area (Å²) < 4.78 is 1.07. The molecule has 3 aromatic rings. The first kappa shape index (κ1) is 15.4. The van der Waals surface area contributed by atoms with E-state index < -0.39 is 0 Å². The fourth-order valence-corrected chi connectivity index (χ4v) is 2.30. The van der Waals surface area contributed by atoms with E-state index in [1.807, 2.05) is 56.3 Å². The number of nitrogens with one attached hydrogen (secondary N) is 2. The highest BCUT2D eigenvalue weighted by Gasteiger charge is 2.03. The molecule has 1 heterocycles. The Morgan fingerprint density at radius 1 is 0.913 bits per heavy atom. The molecule has 0 aliphatic heterocycles. The van der Waals surface area contributed by atoms with Crippen molar-refractivity contribution in [3.8, 4) is 0 Å². The molecule has 23 heavy (non-hydrogen) atoms. The zero-order valence-electron chi connectivity index (χ0n) is 12.8. The van der Waals surface area contributed by atoms with Gasteiger partial charge in [0.2, 0.25) is 5.95 Å². The number of anilines is 4. The van der Waals surface area contributed by atoms with Gasteiger partial charge in [0.05, 0.1) is 6.20 Å². The third kappa shape index (κ3) is 4.04. The molecule has 0 unspecified atom stereocenters. The molecule has 0 saturated carbocycles. The van der Waals surface area contributed by atoms with Crippen molar-refractivity contribution >= 4 is 39.1 Å². The van der Waals surface area contributed by atoms with E-state index in [1.54, 1.807) is 6.20 Å². The Balaban J connectivity index is 1.76. The second-order valence-corrected chi connectivity index (χ2v) is 6.10. The summed E-state index contributed by atoms with van der Waals surface area (Å²) in [7, 11) is 0. The third-order valence-electron chi connectivity index (χ3n) is 3.30. The van der Waals surface area contributed by atoms with Gasteiger partial charge in [-0.15, -0.1) is 5.10 Å². The van der Waals surface area contributed by atoms with E-state index in [0.29, 0.717) is 11.8 Å². The van der Waals surface area contributed by atoms with Crippen molar-refractivity contribution in [2.75, 3.05) is 10.6 Å². The maximum atomic E-state index is 4.43. The fourth-order valence-electron chi connectivity index (χ4n) is 2.05. The SMILES string of the molecule is Cc1ccc(Nc2nncc(Nc3ccc(Br)c(C)c3)n2)cc1. The Kier molecular flexibility index (Phi) is 4.52. The van der Waals surface area contributed by atoms with Crippen molar-refractivity contribution in [1.82, 2.24) is 15.2 Å². The quantitative estimate of drug-likeness (QED) is 0.695. The summed E-state index contributed by atoms with van der Waals surface area (Å²) >= 11 is 3.49. The van der Waals surface area contributed by atoms with Crippen LogP contribution < -0.4 is 10.6 Å². The van der Waals surface area contributed by atoms with Gasteiger partial charge in [0.25, 0.3) is 0 Å². The second-order valence-electron chi connectivity index (χ2n) is 5.25. The monoisotopic (exact) mass is 369 g/mol. The number of benzene rings is 2. The normalized spacial score (nSPS) is 10.4. The number of hydrogen-bond donors (Lipinski definition) is 2. The van der Waals surface area contributed by atoms with Crippen molar-refractivity contribution in [3.63, 3.8) is 0 Å². The van der Waals surface area contributed by atoms with Crippen LogP contribution in [0.25, 0.3) is 0 Å². The van der Waals surface area contributed by atoms with Crippen molar-refractivity contribution in [2.45, 2.75) is 13.8 Å². The van der Waals surface area contributed by atoms with Crippen LogP contribution in [0, 0.1) is 13.8 Å². The van der Waals surface area contributed by atoms with E-state index >= 15 is 0 Å². The van der Waals surface area contributed by atoms with Crippen LogP contribution in [0.1, 0.15) is 11.1 Å². The van der Waals surface area contributed by atoms with Gasteiger partial charge < -0.3 is 10.6 Å². The lowest BCUT2D eigenvalue weighted by Gasteiger charge is -2.09. The smallest absolute Gasteiger partial charge is 0.249 e. The van der Waals surface area contributed by atoms with Gasteiger partial charge in [0, 0.05) is 15.8 Å². The number of rotatable bonds is 4. The number of nitrogens with zero attached hydrogens (tertiary/aromatic N) is 3. The summed E-state index contributed by atoms with van der Waals surface area (Å²) in [6.45, 7) is 4.09. The van der Waals surface area contributed by atoms with Crippen molar-refractivity contribution < 1.29 is 0 Å². The van der Waals surface area contributed by atoms with E-state index in [4.69, 9.17) is 0 Å². The molecule has 0 saturated heterocycles. The average Bonchev–Trinajstić information content (AvgIpc) is 2.54. The minimum absolute atomic E-state index is 0.452. The van der Waals surface area contributed by atoms with E-state index in [9.17, 15) is 0 Å². The zero-order valence-corrected chi connectivity index (χ0v) is 14.4. The zero-order chi connectivity index (χ0) is 16.2. The molecule has 0 bridgehead atoms. The highest BCUT2D eigenvalue weighted by atomic mass is 79.9. The Bertz CT molecular complexity index is 817. The molecule has 2 N–H and O–H groups in total. The number of halogens is 1. The van der Waals surface area contributed by atoms with Gasteiger partial charge in [-0.1, -0.05) is 33.6 Å². The van der Waals surface area contributed by atoms with Crippen LogP contribution in [-0.2, 0) is 0 Å². The molecule has 0 atom stereocenters. The van der Waals surface area contributed by atoms with Crippen molar-refractivity contribution in [1.29, 1.82) is 0 Å². The molecule has 3 rings (SSSR count). The van der Waals surface area contributed by atoms with Gasteiger partial charge in [-0.3, -0.25) is 0 Å². The lowest BCUT2D eigenvalue weighted by Crippen LogP contribution is -2.02. The highest BCUT2D eigenvalue weighted by Crippen LogP contribution is 2.22. The Hall–Kier alpha value is -2.47.